The van der Waals surface area contributed by atoms with Crippen LogP contribution in [0.4, 0.5) is 0 Å². The fourth-order valence-electron chi connectivity index (χ4n) is 3.37. The maximum atomic E-state index is 12.3. The van der Waals surface area contributed by atoms with Gasteiger partial charge in [-0.05, 0) is 60.5 Å². The molecule has 0 spiro atoms. The van der Waals surface area contributed by atoms with E-state index in [1.165, 1.54) is 0 Å². The summed E-state index contributed by atoms with van der Waals surface area (Å²) in [5, 5.41) is 12.4. The number of halogens is 1. The molecule has 0 aliphatic heterocycles. The lowest BCUT2D eigenvalue weighted by atomic mass is 10.0. The SMILES string of the molecule is CC(OC(=O)c1ccccc1)C(O)c1cccc(C=Cc2ccc3ccc(Cl)cc3n2)c1. The van der Waals surface area contributed by atoms with Crippen molar-refractivity contribution < 1.29 is 14.6 Å². The summed E-state index contributed by atoms with van der Waals surface area (Å²) in [6, 6.07) is 25.8. The first-order valence-corrected chi connectivity index (χ1v) is 10.7. The summed E-state index contributed by atoms with van der Waals surface area (Å²) >= 11 is 6.07. The van der Waals surface area contributed by atoms with Crippen molar-refractivity contribution in [3.05, 3.63) is 112 Å². The normalized spacial score (nSPS) is 13.2. The molecule has 0 amide bonds. The highest BCUT2D eigenvalue weighted by Crippen LogP contribution is 2.23. The Morgan fingerprint density at radius 3 is 2.56 bits per heavy atom. The maximum absolute atomic E-state index is 12.3. The quantitative estimate of drug-likeness (QED) is 0.353. The molecule has 0 saturated heterocycles. The minimum Gasteiger partial charge on any atom is -0.456 e. The van der Waals surface area contributed by atoms with Crippen LogP contribution in [-0.4, -0.2) is 22.2 Å². The number of nitrogens with zero attached hydrogens (tertiary/aromatic N) is 1. The van der Waals surface area contributed by atoms with E-state index in [4.69, 9.17) is 16.3 Å². The molecule has 0 aliphatic rings. The van der Waals surface area contributed by atoms with Gasteiger partial charge in [-0.3, -0.25) is 0 Å². The zero-order chi connectivity index (χ0) is 22.5. The molecule has 0 saturated carbocycles. The predicted molar refractivity (Wildman–Crippen MR) is 128 cm³/mol. The minimum atomic E-state index is -0.947. The number of esters is 1. The Hall–Kier alpha value is -3.47. The first-order valence-electron chi connectivity index (χ1n) is 10.3. The van der Waals surface area contributed by atoms with E-state index >= 15 is 0 Å². The summed E-state index contributed by atoms with van der Waals surface area (Å²) in [5.74, 6) is -0.462. The molecule has 0 radical (unpaired) electrons. The van der Waals surface area contributed by atoms with Crippen LogP contribution in [0.1, 0.15) is 40.2 Å². The molecule has 32 heavy (non-hydrogen) atoms. The molecule has 2 unspecified atom stereocenters. The zero-order valence-electron chi connectivity index (χ0n) is 17.5. The molecule has 160 valence electrons. The first kappa shape index (κ1) is 21.8. The number of fused-ring (bicyclic) bond motifs is 1. The van der Waals surface area contributed by atoms with Gasteiger partial charge in [0.25, 0.3) is 0 Å². The fraction of sp³-hybridized carbons (Fsp3) is 0.111. The van der Waals surface area contributed by atoms with Crippen molar-refractivity contribution in [2.24, 2.45) is 0 Å². The van der Waals surface area contributed by atoms with E-state index < -0.39 is 18.2 Å². The number of ether oxygens (including phenoxy) is 1. The van der Waals surface area contributed by atoms with E-state index in [1.54, 1.807) is 31.2 Å². The Kier molecular flexibility index (Phi) is 6.64. The molecule has 4 nitrogen and oxygen atoms in total. The average Bonchev–Trinajstić information content (AvgIpc) is 2.82. The van der Waals surface area contributed by atoms with Crippen LogP contribution in [0.25, 0.3) is 23.1 Å². The highest BCUT2D eigenvalue weighted by Gasteiger charge is 2.21. The second-order valence-corrected chi connectivity index (χ2v) is 7.93. The van der Waals surface area contributed by atoms with Crippen LogP contribution in [0.2, 0.25) is 5.02 Å². The molecule has 0 aliphatic carbocycles. The first-order chi connectivity index (χ1) is 15.5. The van der Waals surface area contributed by atoms with Crippen LogP contribution < -0.4 is 0 Å². The maximum Gasteiger partial charge on any atom is 0.338 e. The number of rotatable bonds is 6. The van der Waals surface area contributed by atoms with Crippen molar-refractivity contribution in [3.63, 3.8) is 0 Å². The van der Waals surface area contributed by atoms with Gasteiger partial charge in [-0.15, -0.1) is 0 Å². The predicted octanol–water partition coefficient (Wildman–Crippen LogP) is 6.34. The van der Waals surface area contributed by atoms with Gasteiger partial charge in [-0.2, -0.15) is 0 Å². The van der Waals surface area contributed by atoms with E-state index in [0.717, 1.165) is 22.2 Å². The van der Waals surface area contributed by atoms with E-state index in [1.807, 2.05) is 72.8 Å². The van der Waals surface area contributed by atoms with E-state index in [2.05, 4.69) is 4.98 Å². The summed E-state index contributed by atoms with van der Waals surface area (Å²) in [6.07, 6.45) is 2.19. The van der Waals surface area contributed by atoms with Gasteiger partial charge < -0.3 is 9.84 Å². The standard InChI is InChI=1S/C27H22ClNO3/c1-18(32-27(31)21-7-3-2-4-8-21)26(30)22-9-5-6-19(16-22)10-14-24-15-12-20-11-13-23(28)17-25(20)29-24/h2-18,26,30H,1H3. The van der Waals surface area contributed by atoms with Crippen molar-refractivity contribution >= 4 is 40.6 Å². The van der Waals surface area contributed by atoms with Gasteiger partial charge >= 0.3 is 5.97 Å². The molecule has 4 rings (SSSR count). The number of carbonyl (C=O) groups excluding carboxylic acids is 1. The van der Waals surface area contributed by atoms with E-state index in [-0.39, 0.29) is 0 Å². The van der Waals surface area contributed by atoms with Crippen LogP contribution in [0, 0.1) is 0 Å². The number of aromatic nitrogens is 1. The van der Waals surface area contributed by atoms with Crippen LogP contribution >= 0.6 is 11.6 Å². The number of benzene rings is 3. The average molecular weight is 444 g/mol. The number of hydrogen-bond acceptors (Lipinski definition) is 4. The lowest BCUT2D eigenvalue weighted by Gasteiger charge is -2.20. The smallest absolute Gasteiger partial charge is 0.338 e. The molecular formula is C27H22ClNO3. The number of carbonyl (C=O) groups is 1. The Bertz CT molecular complexity index is 1270. The van der Waals surface area contributed by atoms with Gasteiger partial charge in [0.15, 0.2) is 0 Å². The molecule has 1 heterocycles. The molecule has 3 aromatic carbocycles. The minimum absolute atomic E-state index is 0.451. The Morgan fingerprint density at radius 2 is 1.75 bits per heavy atom. The summed E-state index contributed by atoms with van der Waals surface area (Å²) in [5.41, 5.74) is 3.65. The molecule has 4 aromatic rings. The molecule has 5 heteroatoms. The monoisotopic (exact) mass is 443 g/mol. The third-order valence-corrected chi connectivity index (χ3v) is 5.36. The van der Waals surface area contributed by atoms with Gasteiger partial charge in [0.2, 0.25) is 0 Å². The van der Waals surface area contributed by atoms with Crippen molar-refractivity contribution in [1.82, 2.24) is 4.98 Å². The van der Waals surface area contributed by atoms with Crippen LogP contribution in [0.3, 0.4) is 0 Å². The second kappa shape index (κ2) is 9.77. The summed E-state index contributed by atoms with van der Waals surface area (Å²) in [7, 11) is 0. The fourth-order valence-corrected chi connectivity index (χ4v) is 3.54. The van der Waals surface area contributed by atoms with Crippen LogP contribution in [0.5, 0.6) is 0 Å². The van der Waals surface area contributed by atoms with Gasteiger partial charge in [0.1, 0.15) is 12.2 Å². The number of aliphatic hydroxyl groups excluding tert-OH is 1. The second-order valence-electron chi connectivity index (χ2n) is 7.50. The molecular weight excluding hydrogens is 422 g/mol. The summed E-state index contributed by atoms with van der Waals surface area (Å²) < 4.78 is 5.44. The summed E-state index contributed by atoms with van der Waals surface area (Å²) in [4.78, 5) is 16.9. The lowest BCUT2D eigenvalue weighted by Crippen LogP contribution is -2.22. The molecule has 1 aromatic heterocycles. The zero-order valence-corrected chi connectivity index (χ0v) is 18.2. The largest absolute Gasteiger partial charge is 0.456 e. The van der Waals surface area contributed by atoms with Crippen molar-refractivity contribution in [2.75, 3.05) is 0 Å². The van der Waals surface area contributed by atoms with Gasteiger partial charge in [0, 0.05) is 10.4 Å². The molecule has 0 fully saturated rings. The van der Waals surface area contributed by atoms with Gasteiger partial charge in [-0.1, -0.05) is 66.2 Å². The van der Waals surface area contributed by atoms with Crippen LogP contribution in [-0.2, 0) is 4.74 Å². The van der Waals surface area contributed by atoms with Gasteiger partial charge in [-0.25, -0.2) is 9.78 Å². The van der Waals surface area contributed by atoms with E-state index in [9.17, 15) is 9.90 Å². The Balaban J connectivity index is 1.47. The number of pyridine rings is 1. The van der Waals surface area contributed by atoms with Crippen molar-refractivity contribution in [1.29, 1.82) is 0 Å². The lowest BCUT2D eigenvalue weighted by molar-refractivity contribution is -0.0116. The van der Waals surface area contributed by atoms with Crippen molar-refractivity contribution in [3.8, 4) is 0 Å². The topological polar surface area (TPSA) is 59.4 Å². The number of aliphatic hydroxyl groups is 1. The Morgan fingerprint density at radius 1 is 0.969 bits per heavy atom. The van der Waals surface area contributed by atoms with E-state index in [0.29, 0.717) is 16.1 Å². The Labute approximate surface area is 191 Å². The third-order valence-electron chi connectivity index (χ3n) is 5.12. The molecule has 0 bridgehead atoms. The van der Waals surface area contributed by atoms with Crippen LogP contribution in [0.15, 0.2) is 84.9 Å². The third kappa shape index (κ3) is 5.22. The highest BCUT2D eigenvalue weighted by molar-refractivity contribution is 6.31. The molecule has 1 N–H and O–H groups in total. The summed E-state index contributed by atoms with van der Waals surface area (Å²) in [6.45, 7) is 1.68. The number of hydrogen-bond donors (Lipinski definition) is 1. The van der Waals surface area contributed by atoms with Gasteiger partial charge in [0.05, 0.1) is 16.8 Å². The molecule has 2 atom stereocenters. The van der Waals surface area contributed by atoms with Crippen molar-refractivity contribution in [2.45, 2.75) is 19.1 Å². The highest BCUT2D eigenvalue weighted by atomic mass is 35.5.